The van der Waals surface area contributed by atoms with Crippen LogP contribution in [-0.2, 0) is 7.05 Å². The Morgan fingerprint density at radius 3 is 2.62 bits per heavy atom. The molecule has 1 aliphatic heterocycles. The first-order valence-corrected chi connectivity index (χ1v) is 9.80. The number of nitrogens with zero attached hydrogens (tertiary/aromatic N) is 7. The number of anilines is 3. The first kappa shape index (κ1) is 17.7. The van der Waals surface area contributed by atoms with Crippen LogP contribution in [0, 0.1) is 0 Å². The molecule has 0 bridgehead atoms. The van der Waals surface area contributed by atoms with Crippen LogP contribution in [0.5, 0.6) is 0 Å². The number of nitrogens with one attached hydrogen (secondary N) is 1. The molecule has 4 heterocycles. The van der Waals surface area contributed by atoms with Gasteiger partial charge in [-0.3, -0.25) is 4.68 Å². The minimum absolute atomic E-state index is 0.564. The lowest BCUT2D eigenvalue weighted by Crippen LogP contribution is -2.44. The van der Waals surface area contributed by atoms with E-state index >= 15 is 0 Å². The lowest BCUT2D eigenvalue weighted by molar-refractivity contribution is 0.313. The molecule has 1 N–H and O–H groups in total. The van der Waals surface area contributed by atoms with Crippen molar-refractivity contribution >= 4 is 22.8 Å². The molecule has 0 saturated carbocycles. The Kier molecular flexibility index (Phi) is 4.40. The van der Waals surface area contributed by atoms with Crippen LogP contribution in [0.4, 0.5) is 17.3 Å². The fourth-order valence-electron chi connectivity index (χ4n) is 3.71. The molecule has 8 nitrogen and oxygen atoms in total. The number of aryl methyl sites for hydroxylation is 1. The van der Waals surface area contributed by atoms with Gasteiger partial charge in [0.15, 0.2) is 0 Å². The number of piperazine rings is 1. The Morgan fingerprint density at radius 2 is 1.83 bits per heavy atom. The first-order valence-electron chi connectivity index (χ1n) is 9.80. The lowest BCUT2D eigenvalue weighted by atomic mass is 10.2. The van der Waals surface area contributed by atoms with Crippen molar-refractivity contribution < 1.29 is 0 Å². The van der Waals surface area contributed by atoms with Crippen molar-refractivity contribution in [3.63, 3.8) is 0 Å². The minimum atomic E-state index is 0.564. The largest absolute Gasteiger partial charge is 0.369 e. The molecular formula is C21H24N8. The zero-order valence-electron chi connectivity index (χ0n) is 16.7. The maximum Gasteiger partial charge on any atom is 0.245 e. The highest BCUT2D eigenvalue weighted by Crippen LogP contribution is 2.24. The molecule has 4 aromatic rings. The van der Waals surface area contributed by atoms with Crippen molar-refractivity contribution in [2.24, 2.45) is 7.05 Å². The lowest BCUT2D eigenvalue weighted by Gasteiger charge is -2.34. The number of fused-ring (bicyclic) bond motifs is 1. The summed E-state index contributed by atoms with van der Waals surface area (Å²) in [7, 11) is 4.08. The minimum Gasteiger partial charge on any atom is -0.369 e. The van der Waals surface area contributed by atoms with E-state index in [1.165, 1.54) is 5.69 Å². The Balaban J connectivity index is 1.41. The van der Waals surface area contributed by atoms with Gasteiger partial charge in [0.2, 0.25) is 5.95 Å². The standard InChI is InChI=1S/C21H24N8/c1-26-8-10-28(11-9-26)18-5-3-4-17(12-18)24-21-22-14-19-6-7-20(29(19)25-21)16-13-23-27(2)15-16/h3-7,12-15H,8-11H2,1-2H3,(H,24,25). The summed E-state index contributed by atoms with van der Waals surface area (Å²) in [6, 6.07) is 12.5. The van der Waals surface area contributed by atoms with Crippen molar-refractivity contribution in [3.05, 3.63) is 55.0 Å². The van der Waals surface area contributed by atoms with Crippen molar-refractivity contribution in [3.8, 4) is 11.3 Å². The third kappa shape index (κ3) is 3.54. The predicted molar refractivity (Wildman–Crippen MR) is 115 cm³/mol. The second-order valence-electron chi connectivity index (χ2n) is 7.51. The Labute approximate surface area is 169 Å². The zero-order valence-corrected chi connectivity index (χ0v) is 16.7. The van der Waals surface area contributed by atoms with Gasteiger partial charge in [0.25, 0.3) is 0 Å². The molecule has 0 spiro atoms. The average Bonchev–Trinajstić information content (AvgIpc) is 3.34. The normalized spacial score (nSPS) is 15.2. The molecular weight excluding hydrogens is 364 g/mol. The molecule has 5 rings (SSSR count). The SMILES string of the molecule is CN1CCN(c2cccc(Nc3ncc4ccc(-c5cnn(C)c5)n4n3)c2)CC1. The quantitative estimate of drug-likeness (QED) is 0.580. The van der Waals surface area contributed by atoms with Gasteiger partial charge in [-0.15, -0.1) is 5.10 Å². The Hall–Kier alpha value is -3.39. The molecule has 0 atom stereocenters. The number of hydrogen-bond donors (Lipinski definition) is 1. The molecule has 1 aromatic carbocycles. The molecule has 29 heavy (non-hydrogen) atoms. The molecule has 0 aliphatic carbocycles. The van der Waals surface area contributed by atoms with E-state index < -0.39 is 0 Å². The van der Waals surface area contributed by atoms with Gasteiger partial charge < -0.3 is 15.1 Å². The van der Waals surface area contributed by atoms with Gasteiger partial charge in [0.1, 0.15) is 0 Å². The molecule has 1 aliphatic rings. The van der Waals surface area contributed by atoms with Gasteiger partial charge >= 0.3 is 0 Å². The highest BCUT2D eigenvalue weighted by molar-refractivity contribution is 5.66. The van der Waals surface area contributed by atoms with Crippen molar-refractivity contribution in [2.45, 2.75) is 0 Å². The van der Waals surface area contributed by atoms with E-state index in [0.29, 0.717) is 5.95 Å². The maximum atomic E-state index is 4.71. The summed E-state index contributed by atoms with van der Waals surface area (Å²) >= 11 is 0. The summed E-state index contributed by atoms with van der Waals surface area (Å²) in [4.78, 5) is 9.26. The molecule has 8 heteroatoms. The maximum absolute atomic E-state index is 4.71. The van der Waals surface area contributed by atoms with Crippen LogP contribution in [0.15, 0.2) is 55.0 Å². The van der Waals surface area contributed by atoms with Crippen LogP contribution in [0.2, 0.25) is 0 Å². The van der Waals surface area contributed by atoms with Crippen molar-refractivity contribution in [2.75, 3.05) is 43.4 Å². The summed E-state index contributed by atoms with van der Waals surface area (Å²) in [5.74, 6) is 0.564. The van der Waals surface area contributed by atoms with Crippen LogP contribution in [-0.4, -0.2) is 62.5 Å². The van der Waals surface area contributed by atoms with Crippen molar-refractivity contribution in [1.29, 1.82) is 0 Å². The van der Waals surface area contributed by atoms with Crippen LogP contribution in [0.1, 0.15) is 0 Å². The highest BCUT2D eigenvalue weighted by atomic mass is 15.3. The Bertz CT molecular complexity index is 1140. The van der Waals surface area contributed by atoms with E-state index in [9.17, 15) is 0 Å². The second kappa shape index (κ2) is 7.21. The summed E-state index contributed by atoms with van der Waals surface area (Å²) in [5.41, 5.74) is 5.16. The second-order valence-corrected chi connectivity index (χ2v) is 7.51. The van der Waals surface area contributed by atoms with E-state index in [2.05, 4.69) is 50.4 Å². The van der Waals surface area contributed by atoms with Crippen LogP contribution in [0.3, 0.4) is 0 Å². The topological polar surface area (TPSA) is 66.5 Å². The number of hydrogen-bond acceptors (Lipinski definition) is 6. The van der Waals surface area contributed by atoms with Gasteiger partial charge in [0.05, 0.1) is 23.6 Å². The highest BCUT2D eigenvalue weighted by Gasteiger charge is 2.15. The number of likely N-dealkylation sites (N-methyl/N-ethyl adjacent to an activating group) is 1. The van der Waals surface area contributed by atoms with Gasteiger partial charge in [-0.25, -0.2) is 9.50 Å². The number of rotatable bonds is 4. The van der Waals surface area contributed by atoms with E-state index in [1.807, 2.05) is 48.4 Å². The van der Waals surface area contributed by atoms with Crippen LogP contribution in [0.25, 0.3) is 16.8 Å². The molecule has 3 aromatic heterocycles. The molecule has 0 amide bonds. The van der Waals surface area contributed by atoms with Gasteiger partial charge in [-0.05, 0) is 37.4 Å². The van der Waals surface area contributed by atoms with E-state index in [0.717, 1.165) is 48.6 Å². The van der Waals surface area contributed by atoms with Gasteiger partial charge in [-0.2, -0.15) is 5.10 Å². The fraction of sp³-hybridized carbons (Fsp3) is 0.286. The third-order valence-corrected chi connectivity index (χ3v) is 5.37. The predicted octanol–water partition coefficient (Wildman–Crippen LogP) is 2.63. The molecule has 1 fully saturated rings. The summed E-state index contributed by atoms with van der Waals surface area (Å²) in [6.07, 6.45) is 5.66. The monoisotopic (exact) mass is 388 g/mol. The van der Waals surface area contributed by atoms with Crippen molar-refractivity contribution in [1.82, 2.24) is 29.3 Å². The van der Waals surface area contributed by atoms with E-state index in [4.69, 9.17) is 5.10 Å². The summed E-state index contributed by atoms with van der Waals surface area (Å²) in [5, 5.41) is 12.3. The third-order valence-electron chi connectivity index (χ3n) is 5.37. The van der Waals surface area contributed by atoms with E-state index in [1.54, 1.807) is 4.68 Å². The number of aromatic nitrogens is 5. The molecule has 148 valence electrons. The van der Waals surface area contributed by atoms with Gasteiger partial charge in [0, 0.05) is 56.4 Å². The molecule has 0 unspecified atom stereocenters. The van der Waals surface area contributed by atoms with Crippen LogP contribution >= 0.6 is 0 Å². The smallest absolute Gasteiger partial charge is 0.245 e. The van der Waals surface area contributed by atoms with Crippen LogP contribution < -0.4 is 10.2 Å². The number of benzene rings is 1. The summed E-state index contributed by atoms with van der Waals surface area (Å²) < 4.78 is 3.69. The average molecular weight is 388 g/mol. The zero-order chi connectivity index (χ0) is 19.8. The fourth-order valence-corrected chi connectivity index (χ4v) is 3.71. The summed E-state index contributed by atoms with van der Waals surface area (Å²) in [6.45, 7) is 4.25. The molecule has 0 radical (unpaired) electrons. The Morgan fingerprint density at radius 1 is 0.966 bits per heavy atom. The first-order chi connectivity index (χ1) is 14.2. The van der Waals surface area contributed by atoms with E-state index in [-0.39, 0.29) is 0 Å². The van der Waals surface area contributed by atoms with Gasteiger partial charge in [-0.1, -0.05) is 6.07 Å². The molecule has 1 saturated heterocycles.